The molecule has 0 aliphatic rings. The van der Waals surface area contributed by atoms with Crippen LogP contribution in [0.15, 0.2) is 41.3 Å². The normalized spacial score (nSPS) is 10.3. The molecule has 0 unspecified atom stereocenters. The minimum atomic E-state index is -0.375. The maximum atomic E-state index is 12.7. The third kappa shape index (κ3) is 4.10. The summed E-state index contributed by atoms with van der Waals surface area (Å²) in [5, 5.41) is 13.1. The van der Waals surface area contributed by atoms with Crippen LogP contribution in [0, 0.1) is 25.2 Å². The van der Waals surface area contributed by atoms with Gasteiger partial charge in [0.2, 0.25) is 5.82 Å². The van der Waals surface area contributed by atoms with Gasteiger partial charge in [-0.1, -0.05) is 12.1 Å². The Kier molecular flexibility index (Phi) is 5.13. The first-order chi connectivity index (χ1) is 13.0. The van der Waals surface area contributed by atoms with Gasteiger partial charge in [-0.2, -0.15) is 10.4 Å². The molecule has 0 fully saturated rings. The van der Waals surface area contributed by atoms with Gasteiger partial charge in [-0.25, -0.2) is 14.6 Å². The third-order valence-electron chi connectivity index (χ3n) is 3.81. The minimum Gasteiger partial charge on any atom is -0.497 e. The molecule has 0 N–H and O–H groups in total. The predicted molar refractivity (Wildman–Crippen MR) is 96.9 cm³/mol. The molecular formula is C19H17N5O3. The molecule has 0 aliphatic carbocycles. The first-order valence-electron chi connectivity index (χ1n) is 8.13. The molecule has 0 saturated carbocycles. The Hall–Kier alpha value is -3.73. The molecule has 0 atom stereocenters. The Labute approximate surface area is 155 Å². The van der Waals surface area contributed by atoms with Crippen LogP contribution in [0.25, 0.3) is 0 Å². The zero-order valence-corrected chi connectivity index (χ0v) is 15.1. The number of methoxy groups -OCH3 is 1. The number of ether oxygens (including phenoxy) is 2. The summed E-state index contributed by atoms with van der Waals surface area (Å²) in [6, 6.07) is 10.8. The van der Waals surface area contributed by atoms with Crippen LogP contribution in [0.5, 0.6) is 17.2 Å². The van der Waals surface area contributed by atoms with Crippen LogP contribution in [0.1, 0.15) is 22.8 Å². The lowest BCUT2D eigenvalue weighted by Gasteiger charge is -2.11. The van der Waals surface area contributed by atoms with Gasteiger partial charge in [0.15, 0.2) is 11.5 Å². The fraction of sp³-hybridized carbons (Fsp3) is 0.211. The van der Waals surface area contributed by atoms with E-state index >= 15 is 0 Å². The molecule has 136 valence electrons. The van der Waals surface area contributed by atoms with E-state index in [-0.39, 0.29) is 17.1 Å². The summed E-state index contributed by atoms with van der Waals surface area (Å²) in [6.45, 7) is 3.75. The number of hydrogen-bond acceptors (Lipinski definition) is 7. The highest BCUT2D eigenvalue weighted by Gasteiger charge is 2.12. The number of nitrogens with zero attached hydrogens (tertiary/aromatic N) is 5. The lowest BCUT2D eigenvalue weighted by Crippen LogP contribution is -2.25. The summed E-state index contributed by atoms with van der Waals surface area (Å²) >= 11 is 0. The van der Waals surface area contributed by atoms with Crippen molar-refractivity contribution in [1.82, 2.24) is 19.7 Å². The standard InChI is InChI=1S/C19H17N5O3/c1-12-8-16(27-17-10-21-18(9-20)22-13(17)2)19(25)24(23-12)11-14-4-6-15(26-3)7-5-14/h4-8,10H,11H2,1-3H3. The van der Waals surface area contributed by atoms with E-state index in [1.165, 1.54) is 10.9 Å². The van der Waals surface area contributed by atoms with Gasteiger partial charge in [0.05, 0.1) is 31.2 Å². The van der Waals surface area contributed by atoms with E-state index < -0.39 is 0 Å². The van der Waals surface area contributed by atoms with Crippen molar-refractivity contribution in [2.24, 2.45) is 0 Å². The van der Waals surface area contributed by atoms with Crippen LogP contribution in [0.3, 0.4) is 0 Å². The molecular weight excluding hydrogens is 346 g/mol. The topological polar surface area (TPSA) is 103 Å². The van der Waals surface area contributed by atoms with Gasteiger partial charge in [-0.05, 0) is 31.5 Å². The molecule has 0 spiro atoms. The average molecular weight is 363 g/mol. The van der Waals surface area contributed by atoms with Crippen LogP contribution in [0.2, 0.25) is 0 Å². The number of rotatable bonds is 5. The molecule has 3 aromatic rings. The molecule has 8 heteroatoms. The summed E-state index contributed by atoms with van der Waals surface area (Å²) in [6.07, 6.45) is 1.38. The largest absolute Gasteiger partial charge is 0.497 e. The van der Waals surface area contributed by atoms with Gasteiger partial charge >= 0.3 is 5.56 Å². The summed E-state index contributed by atoms with van der Waals surface area (Å²) in [5.41, 5.74) is 1.63. The Balaban J connectivity index is 1.91. The van der Waals surface area contributed by atoms with E-state index in [1.54, 1.807) is 27.0 Å². The fourth-order valence-corrected chi connectivity index (χ4v) is 2.46. The Morgan fingerprint density at radius 2 is 1.93 bits per heavy atom. The van der Waals surface area contributed by atoms with Crippen LogP contribution in [-0.4, -0.2) is 26.9 Å². The Bertz CT molecular complexity index is 1070. The van der Waals surface area contributed by atoms with Crippen LogP contribution >= 0.6 is 0 Å². The second-order valence-electron chi connectivity index (χ2n) is 5.82. The lowest BCUT2D eigenvalue weighted by molar-refractivity contribution is 0.414. The van der Waals surface area contributed by atoms with Gasteiger partial charge in [0.1, 0.15) is 11.8 Å². The molecule has 2 heterocycles. The molecule has 0 saturated heterocycles. The van der Waals surface area contributed by atoms with Crippen molar-refractivity contribution in [2.75, 3.05) is 7.11 Å². The van der Waals surface area contributed by atoms with Crippen molar-refractivity contribution in [3.63, 3.8) is 0 Å². The van der Waals surface area contributed by atoms with Crippen molar-refractivity contribution in [3.8, 4) is 23.3 Å². The molecule has 0 radical (unpaired) electrons. The van der Waals surface area contributed by atoms with Crippen LogP contribution < -0.4 is 15.0 Å². The molecule has 3 rings (SSSR count). The van der Waals surface area contributed by atoms with Gasteiger partial charge < -0.3 is 9.47 Å². The molecule has 2 aromatic heterocycles. The number of hydrogen-bond donors (Lipinski definition) is 0. The predicted octanol–water partition coefficient (Wildman–Crippen LogP) is 2.37. The van der Waals surface area contributed by atoms with Crippen molar-refractivity contribution in [2.45, 2.75) is 20.4 Å². The van der Waals surface area contributed by atoms with Gasteiger partial charge in [0.25, 0.3) is 0 Å². The summed E-state index contributed by atoms with van der Waals surface area (Å²) < 4.78 is 12.2. The highest BCUT2D eigenvalue weighted by molar-refractivity contribution is 5.33. The zero-order chi connectivity index (χ0) is 19.4. The molecule has 0 aliphatic heterocycles. The van der Waals surface area contributed by atoms with E-state index in [4.69, 9.17) is 14.7 Å². The second-order valence-corrected chi connectivity index (χ2v) is 5.82. The average Bonchev–Trinajstić information content (AvgIpc) is 2.67. The molecule has 27 heavy (non-hydrogen) atoms. The Morgan fingerprint density at radius 3 is 2.56 bits per heavy atom. The van der Waals surface area contributed by atoms with Crippen molar-refractivity contribution in [1.29, 1.82) is 5.26 Å². The van der Waals surface area contributed by atoms with Crippen LogP contribution in [0.4, 0.5) is 0 Å². The van der Waals surface area contributed by atoms with Gasteiger partial charge in [-0.15, -0.1) is 0 Å². The third-order valence-corrected chi connectivity index (χ3v) is 3.81. The fourth-order valence-electron chi connectivity index (χ4n) is 2.46. The maximum absolute atomic E-state index is 12.7. The van der Waals surface area contributed by atoms with E-state index in [2.05, 4.69) is 15.1 Å². The van der Waals surface area contributed by atoms with Crippen molar-refractivity contribution >= 4 is 0 Å². The van der Waals surface area contributed by atoms with E-state index in [0.717, 1.165) is 11.3 Å². The van der Waals surface area contributed by atoms with E-state index in [1.807, 2.05) is 30.3 Å². The summed E-state index contributed by atoms with van der Waals surface area (Å²) in [5.74, 6) is 1.21. The zero-order valence-electron chi connectivity index (χ0n) is 15.1. The smallest absolute Gasteiger partial charge is 0.310 e. The van der Waals surface area contributed by atoms with Crippen LogP contribution in [-0.2, 0) is 6.54 Å². The van der Waals surface area contributed by atoms with Crippen molar-refractivity contribution < 1.29 is 9.47 Å². The number of nitriles is 1. The lowest BCUT2D eigenvalue weighted by atomic mass is 10.2. The first kappa shape index (κ1) is 18.1. The quantitative estimate of drug-likeness (QED) is 0.685. The van der Waals surface area contributed by atoms with Crippen molar-refractivity contribution in [3.05, 3.63) is 69.7 Å². The maximum Gasteiger partial charge on any atom is 0.310 e. The molecule has 0 amide bonds. The number of aryl methyl sites for hydroxylation is 2. The highest BCUT2D eigenvalue weighted by atomic mass is 16.5. The number of benzene rings is 1. The Morgan fingerprint density at radius 1 is 1.19 bits per heavy atom. The first-order valence-corrected chi connectivity index (χ1v) is 8.13. The minimum absolute atomic E-state index is 0.0441. The van der Waals surface area contributed by atoms with E-state index in [9.17, 15) is 4.79 Å². The summed E-state index contributed by atoms with van der Waals surface area (Å²) in [4.78, 5) is 20.6. The SMILES string of the molecule is COc1ccc(Cn2nc(C)cc(Oc3cnc(C#N)nc3C)c2=O)cc1. The second kappa shape index (κ2) is 7.66. The number of aromatic nitrogens is 4. The van der Waals surface area contributed by atoms with Gasteiger partial charge in [0, 0.05) is 6.07 Å². The molecule has 8 nitrogen and oxygen atoms in total. The summed E-state index contributed by atoms with van der Waals surface area (Å²) in [7, 11) is 1.60. The van der Waals surface area contributed by atoms with Gasteiger partial charge in [-0.3, -0.25) is 4.79 Å². The molecule has 1 aromatic carbocycles. The highest BCUT2D eigenvalue weighted by Crippen LogP contribution is 2.21. The molecule has 0 bridgehead atoms. The monoisotopic (exact) mass is 363 g/mol. The van der Waals surface area contributed by atoms with E-state index in [0.29, 0.717) is 23.7 Å².